The number of nitrogens with zero attached hydrogens (tertiary/aromatic N) is 2. The van der Waals surface area contributed by atoms with Crippen LogP contribution in [0.25, 0.3) is 0 Å². The lowest BCUT2D eigenvalue weighted by atomic mass is 10.1. The highest BCUT2D eigenvalue weighted by molar-refractivity contribution is 7.89. The fourth-order valence-corrected chi connectivity index (χ4v) is 4.47. The standard InChI is InChI=1S/C21H25N3O6S/c1-29-19-4-2-3-17(21(19)26)15-22-23-20(25)10-7-16-5-8-18(9-6-16)31(27,28)24-11-13-30-14-12-24/h2-6,8-9,15,26H,7,10-14H2,1H3,(H,23,25). The van der Waals surface area contributed by atoms with Crippen molar-refractivity contribution in [1.82, 2.24) is 9.73 Å². The van der Waals surface area contributed by atoms with Crippen molar-refractivity contribution < 1.29 is 27.8 Å². The molecule has 9 nitrogen and oxygen atoms in total. The van der Waals surface area contributed by atoms with E-state index in [1.54, 1.807) is 42.5 Å². The quantitative estimate of drug-likeness (QED) is 0.468. The molecule has 0 atom stereocenters. The van der Waals surface area contributed by atoms with E-state index < -0.39 is 10.0 Å². The molecule has 3 rings (SSSR count). The molecular formula is C21H25N3O6S. The van der Waals surface area contributed by atoms with Crippen LogP contribution in [0.15, 0.2) is 52.5 Å². The minimum atomic E-state index is -3.53. The molecule has 31 heavy (non-hydrogen) atoms. The van der Waals surface area contributed by atoms with Crippen molar-refractivity contribution in [1.29, 1.82) is 0 Å². The Morgan fingerprint density at radius 1 is 1.23 bits per heavy atom. The molecule has 1 fully saturated rings. The summed E-state index contributed by atoms with van der Waals surface area (Å²) < 4.78 is 36.9. The van der Waals surface area contributed by atoms with Crippen LogP contribution in [0.1, 0.15) is 17.5 Å². The Morgan fingerprint density at radius 2 is 1.94 bits per heavy atom. The van der Waals surface area contributed by atoms with E-state index in [0.717, 1.165) is 5.56 Å². The minimum Gasteiger partial charge on any atom is -0.504 e. The number of aromatic hydroxyl groups is 1. The van der Waals surface area contributed by atoms with E-state index in [9.17, 15) is 18.3 Å². The van der Waals surface area contributed by atoms with Crippen molar-refractivity contribution in [3.05, 3.63) is 53.6 Å². The summed E-state index contributed by atoms with van der Waals surface area (Å²) in [6.45, 7) is 1.48. The highest BCUT2D eigenvalue weighted by Crippen LogP contribution is 2.27. The Morgan fingerprint density at radius 3 is 2.61 bits per heavy atom. The van der Waals surface area contributed by atoms with Gasteiger partial charge in [-0.15, -0.1) is 0 Å². The van der Waals surface area contributed by atoms with Crippen molar-refractivity contribution in [2.45, 2.75) is 17.7 Å². The van der Waals surface area contributed by atoms with Gasteiger partial charge in [0, 0.05) is 25.1 Å². The number of rotatable bonds is 8. The predicted molar refractivity (Wildman–Crippen MR) is 115 cm³/mol. The second-order valence-corrected chi connectivity index (χ2v) is 8.79. The second-order valence-electron chi connectivity index (χ2n) is 6.85. The molecule has 10 heteroatoms. The number of morpholine rings is 1. The van der Waals surface area contributed by atoms with Gasteiger partial charge in [-0.05, 0) is 36.2 Å². The number of carbonyl (C=O) groups is 1. The van der Waals surface area contributed by atoms with Gasteiger partial charge in [0.25, 0.3) is 0 Å². The van der Waals surface area contributed by atoms with Crippen LogP contribution in [0.3, 0.4) is 0 Å². The monoisotopic (exact) mass is 447 g/mol. The third-order valence-electron chi connectivity index (χ3n) is 4.81. The van der Waals surface area contributed by atoms with Crippen LogP contribution >= 0.6 is 0 Å². The van der Waals surface area contributed by atoms with E-state index >= 15 is 0 Å². The van der Waals surface area contributed by atoms with Gasteiger partial charge in [0.1, 0.15) is 0 Å². The Bertz CT molecular complexity index is 1030. The first-order valence-electron chi connectivity index (χ1n) is 9.76. The van der Waals surface area contributed by atoms with E-state index in [2.05, 4.69) is 10.5 Å². The number of phenolic OH excluding ortho intramolecular Hbond substituents is 1. The van der Waals surface area contributed by atoms with Gasteiger partial charge in [-0.1, -0.05) is 18.2 Å². The molecule has 0 unspecified atom stereocenters. The minimum absolute atomic E-state index is 0.0601. The summed E-state index contributed by atoms with van der Waals surface area (Å²) in [5.74, 6) is -0.0480. The molecule has 1 aliphatic rings. The van der Waals surface area contributed by atoms with Gasteiger partial charge in [0.05, 0.1) is 31.4 Å². The van der Waals surface area contributed by atoms with E-state index in [-0.39, 0.29) is 23.0 Å². The number of hydrogen-bond donors (Lipinski definition) is 2. The van der Waals surface area contributed by atoms with Gasteiger partial charge in [-0.3, -0.25) is 4.79 Å². The molecule has 2 aromatic carbocycles. The summed E-state index contributed by atoms with van der Waals surface area (Å²) in [5, 5.41) is 13.8. The van der Waals surface area contributed by atoms with Gasteiger partial charge < -0.3 is 14.6 Å². The number of amides is 1. The molecule has 166 valence electrons. The molecule has 1 heterocycles. The molecule has 1 amide bonds. The Kier molecular flexibility index (Phi) is 7.61. The number of hydrogen-bond acceptors (Lipinski definition) is 7. The smallest absolute Gasteiger partial charge is 0.243 e. The molecule has 1 saturated heterocycles. The van der Waals surface area contributed by atoms with Crippen molar-refractivity contribution in [3.63, 3.8) is 0 Å². The van der Waals surface area contributed by atoms with Crippen LogP contribution in [0.5, 0.6) is 11.5 Å². The summed E-state index contributed by atoms with van der Waals surface area (Å²) in [7, 11) is -2.08. The third kappa shape index (κ3) is 5.81. The lowest BCUT2D eigenvalue weighted by molar-refractivity contribution is -0.121. The highest BCUT2D eigenvalue weighted by Gasteiger charge is 2.26. The summed E-state index contributed by atoms with van der Waals surface area (Å²) in [6, 6.07) is 11.5. The Balaban J connectivity index is 1.51. The molecule has 0 radical (unpaired) electrons. The largest absolute Gasteiger partial charge is 0.504 e. The van der Waals surface area contributed by atoms with E-state index in [0.29, 0.717) is 44.0 Å². The maximum atomic E-state index is 12.6. The number of benzene rings is 2. The maximum Gasteiger partial charge on any atom is 0.243 e. The SMILES string of the molecule is COc1cccc(C=NNC(=O)CCc2ccc(S(=O)(=O)N3CCOCC3)cc2)c1O. The number of aryl methyl sites for hydroxylation is 1. The molecule has 2 N–H and O–H groups in total. The maximum absolute atomic E-state index is 12.6. The fraction of sp³-hybridized carbons (Fsp3) is 0.333. The highest BCUT2D eigenvalue weighted by atomic mass is 32.2. The van der Waals surface area contributed by atoms with E-state index in [1.807, 2.05) is 0 Å². The number of carbonyl (C=O) groups excluding carboxylic acids is 1. The normalized spacial score (nSPS) is 15.1. The average molecular weight is 448 g/mol. The third-order valence-corrected chi connectivity index (χ3v) is 6.73. The summed E-state index contributed by atoms with van der Waals surface area (Å²) in [4.78, 5) is 12.2. The topological polar surface area (TPSA) is 118 Å². The zero-order chi connectivity index (χ0) is 22.3. The van der Waals surface area contributed by atoms with Crippen molar-refractivity contribution in [2.75, 3.05) is 33.4 Å². The van der Waals surface area contributed by atoms with Crippen LogP contribution in [0.2, 0.25) is 0 Å². The molecule has 0 saturated carbocycles. The first kappa shape index (κ1) is 22.7. The summed E-state index contributed by atoms with van der Waals surface area (Å²) in [5.41, 5.74) is 3.66. The number of nitrogens with one attached hydrogen (secondary N) is 1. The lowest BCUT2D eigenvalue weighted by Crippen LogP contribution is -2.40. The number of methoxy groups -OCH3 is 1. The van der Waals surface area contributed by atoms with E-state index in [4.69, 9.17) is 9.47 Å². The molecule has 2 aromatic rings. The first-order valence-corrected chi connectivity index (χ1v) is 11.2. The molecule has 0 aliphatic carbocycles. The number of hydrazone groups is 1. The molecule has 0 bridgehead atoms. The Hall–Kier alpha value is -2.95. The summed E-state index contributed by atoms with van der Waals surface area (Å²) >= 11 is 0. The number of ether oxygens (including phenoxy) is 2. The average Bonchev–Trinajstić information content (AvgIpc) is 2.79. The van der Waals surface area contributed by atoms with Crippen LogP contribution in [0.4, 0.5) is 0 Å². The van der Waals surface area contributed by atoms with Crippen molar-refractivity contribution in [3.8, 4) is 11.5 Å². The number of sulfonamides is 1. The van der Waals surface area contributed by atoms with Gasteiger partial charge >= 0.3 is 0 Å². The first-order chi connectivity index (χ1) is 14.9. The van der Waals surface area contributed by atoms with Gasteiger partial charge in [0.15, 0.2) is 11.5 Å². The van der Waals surface area contributed by atoms with E-state index in [1.165, 1.54) is 17.6 Å². The van der Waals surface area contributed by atoms with Gasteiger partial charge in [-0.25, -0.2) is 13.8 Å². The molecule has 1 aliphatic heterocycles. The van der Waals surface area contributed by atoms with Gasteiger partial charge in [0.2, 0.25) is 15.9 Å². The van der Waals surface area contributed by atoms with Crippen LogP contribution in [-0.4, -0.2) is 63.4 Å². The van der Waals surface area contributed by atoms with Gasteiger partial charge in [-0.2, -0.15) is 9.41 Å². The van der Waals surface area contributed by atoms with Crippen molar-refractivity contribution >= 4 is 22.1 Å². The zero-order valence-electron chi connectivity index (χ0n) is 17.2. The number of para-hydroxylation sites is 1. The molecular weight excluding hydrogens is 422 g/mol. The van der Waals surface area contributed by atoms with Crippen LogP contribution < -0.4 is 10.2 Å². The molecule has 0 spiro atoms. The zero-order valence-corrected chi connectivity index (χ0v) is 18.0. The van der Waals surface area contributed by atoms with Crippen LogP contribution in [-0.2, 0) is 26.0 Å². The fourth-order valence-electron chi connectivity index (χ4n) is 3.06. The summed E-state index contributed by atoms with van der Waals surface area (Å²) in [6.07, 6.45) is 1.95. The predicted octanol–water partition coefficient (Wildman–Crippen LogP) is 1.50. The molecule has 0 aromatic heterocycles. The number of phenols is 1. The lowest BCUT2D eigenvalue weighted by Gasteiger charge is -2.26. The van der Waals surface area contributed by atoms with Crippen molar-refractivity contribution in [2.24, 2.45) is 5.10 Å². The Labute approximate surface area is 181 Å². The van der Waals surface area contributed by atoms with Crippen LogP contribution in [0, 0.1) is 0 Å². The second kappa shape index (κ2) is 10.4.